The predicted octanol–water partition coefficient (Wildman–Crippen LogP) is 7.93. The van der Waals surface area contributed by atoms with Gasteiger partial charge in [0.15, 0.2) is 5.75 Å². The first kappa shape index (κ1) is 25.1. The minimum Gasteiger partial charge on any atom is -0.490 e. The average Bonchev–Trinajstić information content (AvgIpc) is 2.73. The highest BCUT2D eigenvalue weighted by molar-refractivity contribution is 6.37. The van der Waals surface area contributed by atoms with Gasteiger partial charge in [0.05, 0.1) is 16.7 Å². The van der Waals surface area contributed by atoms with Crippen LogP contribution in [0, 0.1) is 11.3 Å². The second kappa shape index (κ2) is 13.3. The lowest BCUT2D eigenvalue weighted by Gasteiger charge is -2.11. The highest BCUT2D eigenvalue weighted by Crippen LogP contribution is 2.35. The van der Waals surface area contributed by atoms with Crippen LogP contribution in [-0.4, -0.2) is 12.5 Å². The van der Waals surface area contributed by atoms with Gasteiger partial charge >= 0.3 is 0 Å². The van der Waals surface area contributed by atoms with E-state index in [0.29, 0.717) is 38.7 Å². The molecule has 0 radical (unpaired) electrons. The largest absolute Gasteiger partial charge is 0.490 e. The topological polar surface area (TPSA) is 62.1 Å². The van der Waals surface area contributed by atoms with Crippen LogP contribution in [0.2, 0.25) is 15.1 Å². The number of nitrogens with zero attached hydrogens (tertiary/aromatic N) is 1. The molecule has 0 aromatic heterocycles. The van der Waals surface area contributed by atoms with E-state index in [1.165, 1.54) is 31.8 Å². The van der Waals surface area contributed by atoms with Crippen molar-refractivity contribution in [3.05, 3.63) is 62.6 Å². The normalized spacial score (nSPS) is 11.1. The van der Waals surface area contributed by atoms with Crippen LogP contribution in [0.1, 0.15) is 51.0 Å². The number of carbonyl (C=O) groups is 1. The third kappa shape index (κ3) is 8.45. The molecule has 31 heavy (non-hydrogen) atoms. The molecule has 0 aliphatic carbocycles. The quantitative estimate of drug-likeness (QED) is 0.202. The Morgan fingerprint density at radius 2 is 1.74 bits per heavy atom. The number of nitriles is 1. The molecule has 0 bridgehead atoms. The molecule has 0 spiro atoms. The smallest absolute Gasteiger partial charge is 0.266 e. The van der Waals surface area contributed by atoms with Gasteiger partial charge < -0.3 is 10.1 Å². The SMILES string of the molecule is CCCCCCCCOc1c(Cl)cc(/C=C(/C#N)C(=O)Nc2cccc(Cl)c2)cc1Cl. The zero-order chi connectivity index (χ0) is 22.6. The van der Waals surface area contributed by atoms with E-state index >= 15 is 0 Å². The van der Waals surface area contributed by atoms with Crippen molar-refractivity contribution in [2.45, 2.75) is 45.4 Å². The Morgan fingerprint density at radius 3 is 2.39 bits per heavy atom. The third-order valence-electron chi connectivity index (χ3n) is 4.52. The summed E-state index contributed by atoms with van der Waals surface area (Å²) >= 11 is 18.6. The lowest BCUT2D eigenvalue weighted by atomic mass is 10.1. The number of rotatable bonds is 11. The predicted molar refractivity (Wildman–Crippen MR) is 129 cm³/mol. The van der Waals surface area contributed by atoms with Crippen molar-refractivity contribution in [2.75, 3.05) is 11.9 Å². The van der Waals surface area contributed by atoms with Crippen LogP contribution in [0.3, 0.4) is 0 Å². The van der Waals surface area contributed by atoms with Gasteiger partial charge in [-0.25, -0.2) is 0 Å². The molecule has 0 aliphatic rings. The van der Waals surface area contributed by atoms with Crippen LogP contribution < -0.4 is 10.1 Å². The number of anilines is 1. The number of amides is 1. The van der Waals surface area contributed by atoms with Crippen LogP contribution in [0.25, 0.3) is 6.08 Å². The summed E-state index contributed by atoms with van der Waals surface area (Å²) < 4.78 is 5.76. The van der Waals surface area contributed by atoms with Gasteiger partial charge in [-0.05, 0) is 48.4 Å². The van der Waals surface area contributed by atoms with Crippen molar-refractivity contribution in [3.8, 4) is 11.8 Å². The monoisotopic (exact) mass is 478 g/mol. The first-order valence-electron chi connectivity index (χ1n) is 10.2. The molecule has 2 rings (SSSR count). The van der Waals surface area contributed by atoms with E-state index in [2.05, 4.69) is 12.2 Å². The molecule has 4 nitrogen and oxygen atoms in total. The van der Waals surface area contributed by atoms with Crippen molar-refractivity contribution in [3.63, 3.8) is 0 Å². The number of ether oxygens (including phenoxy) is 1. The molecule has 7 heteroatoms. The fraction of sp³-hybridized carbons (Fsp3) is 0.333. The second-order valence-corrected chi connectivity index (χ2v) is 8.32. The molecule has 0 unspecified atom stereocenters. The summed E-state index contributed by atoms with van der Waals surface area (Å²) in [6.45, 7) is 2.73. The number of carbonyl (C=O) groups excluding carboxylic acids is 1. The second-order valence-electron chi connectivity index (χ2n) is 7.06. The Morgan fingerprint density at radius 1 is 1.06 bits per heavy atom. The maximum Gasteiger partial charge on any atom is 0.266 e. The highest BCUT2D eigenvalue weighted by atomic mass is 35.5. The molecule has 1 amide bonds. The number of hydrogen-bond acceptors (Lipinski definition) is 3. The van der Waals surface area contributed by atoms with Crippen LogP contribution >= 0.6 is 34.8 Å². The summed E-state index contributed by atoms with van der Waals surface area (Å²) in [5, 5.41) is 13.2. The highest BCUT2D eigenvalue weighted by Gasteiger charge is 2.13. The molecule has 0 saturated carbocycles. The summed E-state index contributed by atoms with van der Waals surface area (Å²) in [5.41, 5.74) is 0.931. The molecular weight excluding hydrogens is 455 g/mol. The molecule has 0 saturated heterocycles. The first-order valence-corrected chi connectivity index (χ1v) is 11.4. The standard InChI is InChI=1S/C24H25Cl3N2O2/c1-2-3-4-5-6-7-11-31-23-21(26)13-17(14-22(23)27)12-18(16-28)24(30)29-20-10-8-9-19(25)15-20/h8-10,12-15H,2-7,11H2,1H3,(H,29,30)/b18-12-. The molecule has 0 heterocycles. The lowest BCUT2D eigenvalue weighted by molar-refractivity contribution is -0.112. The van der Waals surface area contributed by atoms with E-state index < -0.39 is 5.91 Å². The lowest BCUT2D eigenvalue weighted by Crippen LogP contribution is -2.13. The maximum atomic E-state index is 12.4. The fourth-order valence-corrected chi connectivity index (χ4v) is 3.74. The molecule has 0 fully saturated rings. The van der Waals surface area contributed by atoms with Gasteiger partial charge in [0.1, 0.15) is 11.6 Å². The van der Waals surface area contributed by atoms with E-state index in [1.54, 1.807) is 36.4 Å². The maximum absolute atomic E-state index is 12.4. The summed E-state index contributed by atoms with van der Waals surface area (Å²) in [6, 6.07) is 11.8. The van der Waals surface area contributed by atoms with Crippen molar-refractivity contribution < 1.29 is 9.53 Å². The number of halogens is 3. The van der Waals surface area contributed by atoms with Crippen LogP contribution in [0.5, 0.6) is 5.75 Å². The zero-order valence-electron chi connectivity index (χ0n) is 17.4. The molecule has 2 aromatic carbocycles. The molecule has 0 atom stereocenters. The number of nitrogens with one attached hydrogen (secondary N) is 1. The van der Waals surface area contributed by atoms with Crippen molar-refractivity contribution in [1.82, 2.24) is 0 Å². The third-order valence-corrected chi connectivity index (χ3v) is 5.32. The van der Waals surface area contributed by atoms with E-state index in [9.17, 15) is 10.1 Å². The minimum atomic E-state index is -0.555. The molecule has 2 aromatic rings. The van der Waals surface area contributed by atoms with E-state index in [1.807, 2.05) is 6.07 Å². The molecular formula is C24H25Cl3N2O2. The van der Waals surface area contributed by atoms with Gasteiger partial charge in [-0.15, -0.1) is 0 Å². The van der Waals surface area contributed by atoms with Crippen molar-refractivity contribution >= 4 is 52.5 Å². The fourth-order valence-electron chi connectivity index (χ4n) is 2.94. The van der Waals surface area contributed by atoms with Crippen molar-refractivity contribution in [2.24, 2.45) is 0 Å². The Balaban J connectivity index is 2.02. The zero-order valence-corrected chi connectivity index (χ0v) is 19.7. The number of hydrogen-bond donors (Lipinski definition) is 1. The van der Waals surface area contributed by atoms with Crippen LogP contribution in [0.15, 0.2) is 42.0 Å². The van der Waals surface area contributed by atoms with Crippen LogP contribution in [0.4, 0.5) is 5.69 Å². The Kier molecular flexibility index (Phi) is 10.7. The van der Waals surface area contributed by atoms with Gasteiger partial charge in [0.2, 0.25) is 0 Å². The average molecular weight is 480 g/mol. The minimum absolute atomic E-state index is 0.0899. The van der Waals surface area contributed by atoms with E-state index in [-0.39, 0.29) is 5.57 Å². The van der Waals surface area contributed by atoms with Crippen LogP contribution in [-0.2, 0) is 4.79 Å². The Bertz CT molecular complexity index is 945. The molecule has 1 N–H and O–H groups in total. The van der Waals surface area contributed by atoms with Gasteiger partial charge in [-0.3, -0.25) is 4.79 Å². The molecule has 0 aliphatic heterocycles. The first-order chi connectivity index (χ1) is 14.9. The van der Waals surface area contributed by atoms with Gasteiger partial charge in [-0.2, -0.15) is 5.26 Å². The Labute approximate surface area is 198 Å². The summed E-state index contributed by atoms with van der Waals surface area (Å²) in [4.78, 5) is 12.4. The molecule has 164 valence electrons. The van der Waals surface area contributed by atoms with Gasteiger partial charge in [0.25, 0.3) is 5.91 Å². The van der Waals surface area contributed by atoms with Crippen molar-refractivity contribution in [1.29, 1.82) is 5.26 Å². The van der Waals surface area contributed by atoms with E-state index in [4.69, 9.17) is 39.5 Å². The summed E-state index contributed by atoms with van der Waals surface area (Å²) in [6.07, 6.45) is 8.37. The summed E-state index contributed by atoms with van der Waals surface area (Å²) in [5.74, 6) is -0.142. The Hall–Kier alpha value is -2.19. The van der Waals surface area contributed by atoms with Gasteiger partial charge in [-0.1, -0.05) is 79.9 Å². The summed E-state index contributed by atoms with van der Waals surface area (Å²) in [7, 11) is 0. The van der Waals surface area contributed by atoms with E-state index in [0.717, 1.165) is 12.8 Å². The number of benzene rings is 2. The number of unbranched alkanes of at least 4 members (excludes halogenated alkanes) is 5. The van der Waals surface area contributed by atoms with Gasteiger partial charge in [0, 0.05) is 10.7 Å².